The van der Waals surface area contributed by atoms with Crippen molar-refractivity contribution in [2.75, 3.05) is 18.9 Å². The topological polar surface area (TPSA) is 41.1 Å². The van der Waals surface area contributed by atoms with Gasteiger partial charge in [-0.3, -0.25) is 4.90 Å². The van der Waals surface area contributed by atoms with Crippen LogP contribution >= 0.6 is 11.5 Å². The van der Waals surface area contributed by atoms with Gasteiger partial charge >= 0.3 is 6.18 Å². The van der Waals surface area contributed by atoms with Crippen LogP contribution < -0.4 is 5.32 Å². The smallest absolute Gasteiger partial charge is 0.359 e. The molecule has 102 valence electrons. The van der Waals surface area contributed by atoms with Crippen molar-refractivity contribution >= 4 is 16.7 Å². The average molecular weight is 280 g/mol. The Hall–Kier alpha value is -0.890. The fourth-order valence-corrected chi connectivity index (χ4v) is 2.22. The van der Waals surface area contributed by atoms with E-state index in [-0.39, 0.29) is 11.2 Å². The van der Waals surface area contributed by atoms with Crippen LogP contribution in [0.5, 0.6) is 0 Å². The summed E-state index contributed by atoms with van der Waals surface area (Å²) in [4.78, 5) is 5.66. The lowest BCUT2D eigenvalue weighted by Crippen LogP contribution is -2.36. The molecule has 1 aromatic rings. The molecule has 4 nitrogen and oxygen atoms in total. The number of likely N-dealkylation sites (N-methyl/N-ethyl adjacent to an activating group) is 1. The van der Waals surface area contributed by atoms with Crippen LogP contribution in [0.4, 0.5) is 18.3 Å². The zero-order chi connectivity index (χ0) is 13.3. The molecule has 0 amide bonds. The van der Waals surface area contributed by atoms with E-state index in [4.69, 9.17) is 0 Å². The van der Waals surface area contributed by atoms with E-state index in [2.05, 4.69) is 19.6 Å². The Kier molecular flexibility index (Phi) is 3.76. The van der Waals surface area contributed by atoms with Gasteiger partial charge in [0, 0.05) is 30.2 Å². The predicted octanol–water partition coefficient (Wildman–Crippen LogP) is 2.45. The first kappa shape index (κ1) is 13.5. The number of anilines is 1. The SMILES string of the molecule is CC(CNc1nc(C(F)(F)F)ns1)N(C)C1CC1. The zero-order valence-corrected chi connectivity index (χ0v) is 11.0. The zero-order valence-electron chi connectivity index (χ0n) is 10.2. The van der Waals surface area contributed by atoms with Gasteiger partial charge in [-0.25, -0.2) is 0 Å². The van der Waals surface area contributed by atoms with E-state index in [9.17, 15) is 13.2 Å². The van der Waals surface area contributed by atoms with Crippen LogP contribution in [-0.2, 0) is 6.18 Å². The van der Waals surface area contributed by atoms with Crippen molar-refractivity contribution in [3.05, 3.63) is 5.82 Å². The Bertz CT molecular complexity index is 402. The van der Waals surface area contributed by atoms with Crippen molar-refractivity contribution in [1.82, 2.24) is 14.3 Å². The first-order valence-electron chi connectivity index (χ1n) is 5.74. The Balaban J connectivity index is 1.84. The molecule has 0 spiro atoms. The molecule has 1 saturated carbocycles. The van der Waals surface area contributed by atoms with Gasteiger partial charge in [-0.2, -0.15) is 22.5 Å². The minimum atomic E-state index is -4.47. The molecular weight excluding hydrogens is 265 g/mol. The van der Waals surface area contributed by atoms with E-state index >= 15 is 0 Å². The number of nitrogens with zero attached hydrogens (tertiary/aromatic N) is 3. The molecular formula is C10H15F3N4S. The molecule has 1 aliphatic rings. The van der Waals surface area contributed by atoms with Gasteiger partial charge in [0.2, 0.25) is 11.0 Å². The number of rotatable bonds is 5. The maximum atomic E-state index is 12.3. The van der Waals surface area contributed by atoms with Gasteiger partial charge in [-0.1, -0.05) is 0 Å². The van der Waals surface area contributed by atoms with Crippen LogP contribution in [0.1, 0.15) is 25.6 Å². The van der Waals surface area contributed by atoms with Crippen molar-refractivity contribution in [3.8, 4) is 0 Å². The highest BCUT2D eigenvalue weighted by atomic mass is 32.1. The standard InChI is InChI=1S/C10H15F3N4S/c1-6(17(2)7-3-4-7)5-14-9-15-8(16-18-9)10(11,12)13/h6-7H,3-5H2,1-2H3,(H,14,15,16). The van der Waals surface area contributed by atoms with Gasteiger partial charge in [-0.05, 0) is 26.8 Å². The lowest BCUT2D eigenvalue weighted by molar-refractivity contribution is -0.144. The predicted molar refractivity (Wildman–Crippen MR) is 63.6 cm³/mol. The summed E-state index contributed by atoms with van der Waals surface area (Å²) in [6, 6.07) is 0.887. The molecule has 1 unspecified atom stereocenters. The van der Waals surface area contributed by atoms with Gasteiger partial charge in [0.25, 0.3) is 0 Å². The second-order valence-corrected chi connectivity index (χ2v) is 5.30. The highest BCUT2D eigenvalue weighted by molar-refractivity contribution is 7.09. The minimum absolute atomic E-state index is 0.221. The van der Waals surface area contributed by atoms with Gasteiger partial charge in [0.1, 0.15) is 0 Å². The lowest BCUT2D eigenvalue weighted by atomic mass is 10.3. The van der Waals surface area contributed by atoms with Crippen molar-refractivity contribution in [3.63, 3.8) is 0 Å². The lowest BCUT2D eigenvalue weighted by Gasteiger charge is -2.24. The van der Waals surface area contributed by atoms with E-state index in [1.807, 2.05) is 14.0 Å². The van der Waals surface area contributed by atoms with E-state index in [1.54, 1.807) is 0 Å². The molecule has 1 atom stereocenters. The third kappa shape index (κ3) is 3.32. The van der Waals surface area contributed by atoms with Crippen LogP contribution in [-0.4, -0.2) is 39.9 Å². The summed E-state index contributed by atoms with van der Waals surface area (Å²) < 4.78 is 40.2. The summed E-state index contributed by atoms with van der Waals surface area (Å²) in [6.45, 7) is 2.61. The Morgan fingerprint density at radius 3 is 2.67 bits per heavy atom. The molecule has 0 bridgehead atoms. The van der Waals surface area contributed by atoms with E-state index in [0.29, 0.717) is 12.6 Å². The van der Waals surface area contributed by atoms with E-state index in [0.717, 1.165) is 11.5 Å². The highest BCUT2D eigenvalue weighted by Gasteiger charge is 2.36. The van der Waals surface area contributed by atoms with Crippen LogP contribution in [0.2, 0.25) is 0 Å². The van der Waals surface area contributed by atoms with Crippen molar-refractivity contribution in [2.45, 2.75) is 38.0 Å². The van der Waals surface area contributed by atoms with Crippen LogP contribution in [0.15, 0.2) is 0 Å². The molecule has 1 fully saturated rings. The van der Waals surface area contributed by atoms with Gasteiger partial charge in [0.05, 0.1) is 0 Å². The molecule has 18 heavy (non-hydrogen) atoms. The monoisotopic (exact) mass is 280 g/mol. The molecule has 0 aromatic carbocycles. The first-order chi connectivity index (χ1) is 8.38. The second kappa shape index (κ2) is 5.00. The summed E-state index contributed by atoms with van der Waals surface area (Å²) in [5, 5.41) is 3.12. The summed E-state index contributed by atoms with van der Waals surface area (Å²) in [7, 11) is 2.03. The maximum absolute atomic E-state index is 12.3. The Labute approximate surface area is 107 Å². The van der Waals surface area contributed by atoms with E-state index < -0.39 is 12.0 Å². The number of aromatic nitrogens is 2. The number of hydrogen-bond donors (Lipinski definition) is 1. The molecule has 0 radical (unpaired) electrons. The molecule has 0 saturated heterocycles. The van der Waals surface area contributed by atoms with Gasteiger partial charge in [-0.15, -0.1) is 0 Å². The molecule has 0 aliphatic heterocycles. The normalized spacial score (nSPS) is 18.1. The summed E-state index contributed by atoms with van der Waals surface area (Å²) in [5.74, 6) is -1.07. The largest absolute Gasteiger partial charge is 0.452 e. The molecule has 8 heteroatoms. The third-order valence-corrected chi connectivity index (χ3v) is 3.72. The number of halogens is 3. The fourth-order valence-electron chi connectivity index (χ4n) is 1.63. The van der Waals surface area contributed by atoms with Crippen LogP contribution in [0.3, 0.4) is 0 Å². The van der Waals surface area contributed by atoms with Crippen molar-refractivity contribution in [2.24, 2.45) is 0 Å². The quantitative estimate of drug-likeness (QED) is 0.899. The summed E-state index contributed by atoms with van der Waals surface area (Å²) in [5.41, 5.74) is 0. The summed E-state index contributed by atoms with van der Waals surface area (Å²) in [6.07, 6.45) is -2.05. The number of nitrogens with one attached hydrogen (secondary N) is 1. The second-order valence-electron chi connectivity index (χ2n) is 4.55. The fraction of sp³-hybridized carbons (Fsp3) is 0.800. The van der Waals surface area contributed by atoms with Crippen LogP contribution in [0.25, 0.3) is 0 Å². The minimum Gasteiger partial charge on any atom is -0.359 e. The number of hydrogen-bond acceptors (Lipinski definition) is 5. The van der Waals surface area contributed by atoms with Crippen LogP contribution in [0, 0.1) is 0 Å². The molecule has 1 N–H and O–H groups in total. The summed E-state index contributed by atoms with van der Waals surface area (Å²) >= 11 is 0.743. The molecule has 1 aromatic heterocycles. The molecule has 1 heterocycles. The molecule has 1 aliphatic carbocycles. The Morgan fingerprint density at radius 1 is 1.50 bits per heavy atom. The molecule has 2 rings (SSSR count). The van der Waals surface area contributed by atoms with Gasteiger partial charge < -0.3 is 5.32 Å². The average Bonchev–Trinajstić information content (AvgIpc) is 3.02. The van der Waals surface area contributed by atoms with E-state index in [1.165, 1.54) is 12.8 Å². The highest BCUT2D eigenvalue weighted by Crippen LogP contribution is 2.29. The Morgan fingerprint density at radius 2 is 2.17 bits per heavy atom. The number of alkyl halides is 3. The van der Waals surface area contributed by atoms with Crippen molar-refractivity contribution in [1.29, 1.82) is 0 Å². The van der Waals surface area contributed by atoms with Gasteiger partial charge in [0.15, 0.2) is 0 Å². The third-order valence-electron chi connectivity index (χ3n) is 3.05. The van der Waals surface area contributed by atoms with Crippen molar-refractivity contribution < 1.29 is 13.2 Å². The maximum Gasteiger partial charge on any atom is 0.452 e. The first-order valence-corrected chi connectivity index (χ1v) is 6.52.